The monoisotopic (exact) mass is 762 g/mol. The Balaban J connectivity index is 1.85. The van der Waals surface area contributed by atoms with E-state index in [0.717, 1.165) is 22.0 Å². The predicted octanol–water partition coefficient (Wildman–Crippen LogP) is 3.13. The number of guanidine groups is 1. The molecule has 294 valence electrons. The van der Waals surface area contributed by atoms with Gasteiger partial charge in [-0.15, -0.1) is 0 Å². The van der Waals surface area contributed by atoms with E-state index in [2.05, 4.69) is 20.6 Å². The van der Waals surface area contributed by atoms with Crippen molar-refractivity contribution < 1.29 is 24.0 Å². The summed E-state index contributed by atoms with van der Waals surface area (Å²) in [5.74, 6) is -3.32. The summed E-state index contributed by atoms with van der Waals surface area (Å²) in [7, 11) is 0. The zero-order valence-corrected chi connectivity index (χ0v) is 32.4. The first-order chi connectivity index (χ1) is 25.9. The van der Waals surface area contributed by atoms with E-state index in [9.17, 15) is 24.0 Å². The third-order valence-electron chi connectivity index (χ3n) is 9.64. The summed E-state index contributed by atoms with van der Waals surface area (Å²) >= 11 is 1.54. The van der Waals surface area contributed by atoms with Gasteiger partial charge in [-0.05, 0) is 87.1 Å². The zero-order valence-electron chi connectivity index (χ0n) is 31.6. The van der Waals surface area contributed by atoms with Gasteiger partial charge in [0.25, 0.3) is 0 Å². The quantitative estimate of drug-likeness (QED) is 0.0361. The SMILES string of the molecule is CSCC[C@H](NC(=O)[C@@H](CC(=O)[C@H](CCCCN)NC(=O)[C@@H](C)CCCN=C(N)N)Cc1c[nH]c2ccccc12)C(=O)C[C@@H](Cc1ccccc1)C(N)=O. The van der Waals surface area contributed by atoms with Crippen molar-refractivity contribution in [3.63, 3.8) is 0 Å². The highest BCUT2D eigenvalue weighted by atomic mass is 32.2. The molecule has 0 saturated carbocycles. The molecule has 0 aliphatic carbocycles. The first-order valence-corrected chi connectivity index (χ1v) is 20.1. The molecule has 11 N–H and O–H groups in total. The number of carbonyl (C=O) groups excluding carboxylic acids is 5. The summed E-state index contributed by atoms with van der Waals surface area (Å²) in [6, 6.07) is 15.3. The van der Waals surface area contributed by atoms with Crippen molar-refractivity contribution >= 4 is 57.9 Å². The molecule has 5 atom stereocenters. The third-order valence-corrected chi connectivity index (χ3v) is 10.3. The smallest absolute Gasteiger partial charge is 0.224 e. The second-order valence-electron chi connectivity index (χ2n) is 13.9. The lowest BCUT2D eigenvalue weighted by molar-refractivity contribution is -0.134. The van der Waals surface area contributed by atoms with Gasteiger partial charge in [-0.2, -0.15) is 11.8 Å². The van der Waals surface area contributed by atoms with E-state index in [1.165, 1.54) is 11.8 Å². The maximum Gasteiger partial charge on any atom is 0.224 e. The van der Waals surface area contributed by atoms with Gasteiger partial charge in [0.1, 0.15) is 0 Å². The van der Waals surface area contributed by atoms with Crippen LogP contribution in [0.5, 0.6) is 0 Å². The molecular weight excluding hydrogens is 705 g/mol. The number of aromatic amines is 1. The molecule has 3 amide bonds. The van der Waals surface area contributed by atoms with Crippen LogP contribution in [-0.2, 0) is 36.8 Å². The summed E-state index contributed by atoms with van der Waals surface area (Å²) < 4.78 is 0. The summed E-state index contributed by atoms with van der Waals surface area (Å²) in [5, 5.41) is 6.83. The van der Waals surface area contributed by atoms with E-state index in [4.69, 9.17) is 22.9 Å². The number of para-hydroxylation sites is 1. The third kappa shape index (κ3) is 14.6. The Labute approximate surface area is 322 Å². The van der Waals surface area contributed by atoms with Gasteiger partial charge in [0.15, 0.2) is 17.5 Å². The number of ketones is 2. The van der Waals surface area contributed by atoms with Crippen molar-refractivity contribution in [3.05, 3.63) is 71.9 Å². The molecule has 0 spiro atoms. The van der Waals surface area contributed by atoms with Crippen molar-refractivity contribution in [1.29, 1.82) is 0 Å². The predicted molar refractivity (Wildman–Crippen MR) is 216 cm³/mol. The Morgan fingerprint density at radius 2 is 1.43 bits per heavy atom. The normalized spacial score (nSPS) is 14.0. The average molecular weight is 763 g/mol. The van der Waals surface area contributed by atoms with Gasteiger partial charge in [-0.1, -0.05) is 55.5 Å². The van der Waals surface area contributed by atoms with Gasteiger partial charge in [-0.25, -0.2) is 0 Å². The molecule has 0 radical (unpaired) electrons. The minimum atomic E-state index is -0.886. The standard InChI is InChI=1S/C40H58N8O5S/c1-26(11-10-19-45-40(43)44)38(52)47-33(16-8-9-18-41)36(50)24-29(22-30-25-46-32-15-7-6-14-31(30)32)39(53)48-34(17-20-54-2)35(49)23-28(37(42)51)21-27-12-4-3-5-13-27/h3-7,12-15,25-26,28-29,33-34,46H,8-11,16-24,41H2,1-2H3,(H2,42,51)(H,47,52)(H,48,53)(H4,43,44,45)/t26-,28+,29+,33-,34-/m0/s1. The van der Waals surface area contributed by atoms with Gasteiger partial charge >= 0.3 is 0 Å². The van der Waals surface area contributed by atoms with Crippen molar-refractivity contribution in [2.45, 2.75) is 83.2 Å². The summed E-state index contributed by atoms with van der Waals surface area (Å²) in [6.07, 6.45) is 7.06. The molecule has 0 fully saturated rings. The topological polar surface area (TPSA) is 242 Å². The molecule has 3 aromatic rings. The lowest BCUT2D eigenvalue weighted by Gasteiger charge is -2.25. The van der Waals surface area contributed by atoms with Gasteiger partial charge in [0.2, 0.25) is 17.7 Å². The minimum absolute atomic E-state index is 0.0123. The van der Waals surface area contributed by atoms with E-state index in [0.29, 0.717) is 63.8 Å². The lowest BCUT2D eigenvalue weighted by atomic mass is 9.88. The highest BCUT2D eigenvalue weighted by Gasteiger charge is 2.32. The second kappa shape index (κ2) is 23.2. The molecule has 54 heavy (non-hydrogen) atoms. The molecule has 0 aliphatic heterocycles. The summed E-state index contributed by atoms with van der Waals surface area (Å²) in [4.78, 5) is 75.2. The Morgan fingerprint density at radius 1 is 0.778 bits per heavy atom. The van der Waals surface area contributed by atoms with Gasteiger partial charge < -0.3 is 38.6 Å². The van der Waals surface area contributed by atoms with Crippen LogP contribution in [0.3, 0.4) is 0 Å². The van der Waals surface area contributed by atoms with Crippen LogP contribution in [0.15, 0.2) is 65.8 Å². The number of nitrogens with one attached hydrogen (secondary N) is 3. The highest BCUT2D eigenvalue weighted by Crippen LogP contribution is 2.24. The first kappa shape index (κ1) is 43.7. The van der Waals surface area contributed by atoms with Crippen LogP contribution in [0.1, 0.15) is 69.4 Å². The molecular formula is C40H58N8O5S. The molecule has 1 heterocycles. The first-order valence-electron chi connectivity index (χ1n) is 18.7. The molecule has 0 unspecified atom stereocenters. The highest BCUT2D eigenvalue weighted by molar-refractivity contribution is 7.98. The average Bonchev–Trinajstić information content (AvgIpc) is 3.56. The van der Waals surface area contributed by atoms with E-state index in [1.54, 1.807) is 6.92 Å². The number of H-pyrrole nitrogens is 1. The number of carbonyl (C=O) groups is 5. The molecule has 0 aliphatic rings. The van der Waals surface area contributed by atoms with E-state index in [-0.39, 0.29) is 42.7 Å². The van der Waals surface area contributed by atoms with E-state index in [1.807, 2.05) is 67.0 Å². The van der Waals surface area contributed by atoms with E-state index >= 15 is 0 Å². The number of hydrogen-bond acceptors (Lipinski definition) is 8. The minimum Gasteiger partial charge on any atom is -0.370 e. The molecule has 3 rings (SSSR count). The van der Waals surface area contributed by atoms with Crippen LogP contribution in [0.4, 0.5) is 0 Å². The van der Waals surface area contributed by atoms with E-state index < -0.39 is 41.7 Å². The fraction of sp³-hybridized carbons (Fsp3) is 0.500. The number of unbranched alkanes of at least 4 members (excludes halogenated alkanes) is 1. The number of nitrogens with zero attached hydrogens (tertiary/aromatic N) is 1. The van der Waals surface area contributed by atoms with Crippen molar-refractivity contribution in [2.24, 2.45) is 45.7 Å². The summed E-state index contributed by atoms with van der Waals surface area (Å²) in [6.45, 7) is 2.61. The molecule has 1 aromatic heterocycles. The van der Waals surface area contributed by atoms with Crippen LogP contribution < -0.4 is 33.6 Å². The molecule has 0 bridgehead atoms. The fourth-order valence-electron chi connectivity index (χ4n) is 6.46. The second-order valence-corrected chi connectivity index (χ2v) is 14.9. The van der Waals surface area contributed by atoms with Gasteiger partial charge in [0, 0.05) is 54.2 Å². The molecule has 14 heteroatoms. The largest absolute Gasteiger partial charge is 0.370 e. The van der Waals surface area contributed by atoms with Crippen LogP contribution in [0.25, 0.3) is 10.9 Å². The van der Waals surface area contributed by atoms with Crippen LogP contribution in [-0.4, -0.2) is 77.4 Å². The number of aliphatic imine (C=N–C) groups is 1. The molecule has 0 saturated heterocycles. The van der Waals surface area contributed by atoms with Crippen LogP contribution in [0.2, 0.25) is 0 Å². The van der Waals surface area contributed by atoms with Crippen LogP contribution in [0, 0.1) is 17.8 Å². The van der Waals surface area contributed by atoms with Crippen molar-refractivity contribution in [3.8, 4) is 0 Å². The number of benzene rings is 2. The number of hydrogen-bond donors (Lipinski definition) is 7. The number of Topliss-reactive ketones (excluding diaryl/α,β-unsaturated/α-hetero) is 2. The zero-order chi connectivity index (χ0) is 39.5. The molecule has 2 aromatic carbocycles. The van der Waals surface area contributed by atoms with Gasteiger partial charge in [0.05, 0.1) is 12.1 Å². The molecule has 13 nitrogen and oxygen atoms in total. The Bertz CT molecular complexity index is 1690. The summed E-state index contributed by atoms with van der Waals surface area (Å²) in [5.41, 5.74) is 24.9. The number of nitrogens with two attached hydrogens (primary N) is 4. The number of aromatic nitrogens is 1. The van der Waals surface area contributed by atoms with Crippen LogP contribution >= 0.6 is 11.8 Å². The van der Waals surface area contributed by atoms with Gasteiger partial charge in [-0.3, -0.25) is 29.0 Å². The van der Waals surface area contributed by atoms with Crippen molar-refractivity contribution in [2.75, 3.05) is 25.1 Å². The number of thioether (sulfide) groups is 1. The Hall–Kier alpha value is -4.69. The Kier molecular flexibility index (Phi) is 18.8. The lowest BCUT2D eigenvalue weighted by Crippen LogP contribution is -2.48. The number of amides is 3. The maximum atomic E-state index is 14.3. The number of rotatable bonds is 26. The Morgan fingerprint density at radius 3 is 2.09 bits per heavy atom. The number of primary amides is 1. The van der Waals surface area contributed by atoms with Crippen molar-refractivity contribution in [1.82, 2.24) is 15.6 Å². The fourth-order valence-corrected chi connectivity index (χ4v) is 6.93. The number of fused-ring (bicyclic) bond motifs is 1. The maximum absolute atomic E-state index is 14.3.